The van der Waals surface area contributed by atoms with Crippen LogP contribution in [-0.4, -0.2) is 56.9 Å². The number of carbonyl (C=O) groups is 2. The van der Waals surface area contributed by atoms with Crippen molar-refractivity contribution >= 4 is 41.3 Å². The highest BCUT2D eigenvalue weighted by Crippen LogP contribution is 2.26. The number of anilines is 2. The van der Waals surface area contributed by atoms with Gasteiger partial charge in [-0.15, -0.1) is 0 Å². The van der Waals surface area contributed by atoms with E-state index < -0.39 is 22.9 Å². The number of rotatable bonds is 14. The standard InChI is InChI=1S/C21H27N3O4S.C13H12FN3O/c1-16(2)13-23(29-19-10-8-18(9-11-19)24(27)28)14-21(26)20(22-15-25)12-17-6-4-3-5-7-17;1-8-2-4-12(16-7-8)13(18)17-11-5-3-9(14)6-10(11)15/h3-11,15-16,20-21,26H,12-14H2,1-2H3,(H,22,25);2-7H,15H2,1H3,(H,17,18). The van der Waals surface area contributed by atoms with Crippen molar-refractivity contribution in [3.63, 3.8) is 0 Å². The Bertz CT molecular complexity index is 1590. The first-order chi connectivity index (χ1) is 22.4. The molecule has 2 atom stereocenters. The molecular weight excluding hydrogens is 623 g/mol. The lowest BCUT2D eigenvalue weighted by Gasteiger charge is -2.29. The Morgan fingerprint density at radius 2 is 1.79 bits per heavy atom. The maximum absolute atomic E-state index is 12.8. The van der Waals surface area contributed by atoms with Crippen LogP contribution in [0.4, 0.5) is 21.5 Å². The van der Waals surface area contributed by atoms with Gasteiger partial charge in [-0.25, -0.2) is 8.70 Å². The number of hydrogen-bond acceptors (Lipinski definition) is 9. The van der Waals surface area contributed by atoms with Gasteiger partial charge in [0.2, 0.25) is 6.41 Å². The number of aliphatic hydroxyl groups is 1. The van der Waals surface area contributed by atoms with Gasteiger partial charge in [-0.1, -0.05) is 50.2 Å². The van der Waals surface area contributed by atoms with Gasteiger partial charge in [0.25, 0.3) is 11.6 Å². The molecule has 0 fully saturated rings. The van der Waals surface area contributed by atoms with Gasteiger partial charge in [0.1, 0.15) is 11.5 Å². The molecule has 1 aromatic heterocycles. The van der Waals surface area contributed by atoms with Gasteiger partial charge in [0.15, 0.2) is 0 Å². The number of nitrogens with one attached hydrogen (secondary N) is 2. The summed E-state index contributed by atoms with van der Waals surface area (Å²) in [5, 5.41) is 27.0. The largest absolute Gasteiger partial charge is 0.397 e. The molecule has 0 aliphatic carbocycles. The van der Waals surface area contributed by atoms with Crippen LogP contribution in [0.5, 0.6) is 0 Å². The van der Waals surface area contributed by atoms with Crippen molar-refractivity contribution in [3.8, 4) is 0 Å². The first kappa shape index (κ1) is 36.6. The van der Waals surface area contributed by atoms with Crippen LogP contribution in [0.25, 0.3) is 0 Å². The summed E-state index contributed by atoms with van der Waals surface area (Å²) in [5.74, 6) is -0.466. The molecule has 0 radical (unpaired) electrons. The van der Waals surface area contributed by atoms with Crippen LogP contribution in [0.3, 0.4) is 0 Å². The van der Waals surface area contributed by atoms with Crippen LogP contribution < -0.4 is 16.4 Å². The monoisotopic (exact) mass is 662 g/mol. The van der Waals surface area contributed by atoms with E-state index in [0.29, 0.717) is 31.0 Å². The zero-order valence-electron chi connectivity index (χ0n) is 26.4. The number of nitrogens with zero attached hydrogens (tertiary/aromatic N) is 3. The summed E-state index contributed by atoms with van der Waals surface area (Å²) in [6, 6.07) is 22.8. The number of non-ortho nitro benzene ring substituents is 1. The summed E-state index contributed by atoms with van der Waals surface area (Å²) in [7, 11) is 0. The van der Waals surface area contributed by atoms with Gasteiger partial charge in [-0.05, 0) is 78.7 Å². The second-order valence-electron chi connectivity index (χ2n) is 11.1. The van der Waals surface area contributed by atoms with E-state index in [1.165, 1.54) is 36.2 Å². The number of nitrogen functional groups attached to an aromatic ring is 1. The normalized spacial score (nSPS) is 12.1. The number of aliphatic hydroxyl groups excluding tert-OH is 1. The summed E-state index contributed by atoms with van der Waals surface area (Å²) < 4.78 is 14.9. The summed E-state index contributed by atoms with van der Waals surface area (Å²) in [6.45, 7) is 7.12. The van der Waals surface area contributed by atoms with Gasteiger partial charge in [0, 0.05) is 36.3 Å². The summed E-state index contributed by atoms with van der Waals surface area (Å²) in [6.07, 6.45) is 1.97. The zero-order chi connectivity index (χ0) is 34.3. The number of nitrogens with two attached hydrogens (primary N) is 1. The minimum atomic E-state index is -0.773. The van der Waals surface area contributed by atoms with Crippen molar-refractivity contribution in [3.05, 3.63) is 124 Å². The predicted octanol–water partition coefficient (Wildman–Crippen LogP) is 5.64. The van der Waals surface area contributed by atoms with Crippen LogP contribution in [0.15, 0.2) is 96.0 Å². The highest BCUT2D eigenvalue weighted by atomic mass is 32.2. The zero-order valence-corrected chi connectivity index (χ0v) is 27.2. The molecule has 3 aromatic carbocycles. The quantitative estimate of drug-likeness (QED) is 0.0440. The number of nitro benzene ring substituents is 1. The van der Waals surface area contributed by atoms with E-state index in [-0.39, 0.29) is 23.0 Å². The number of aromatic nitrogens is 1. The molecule has 0 bridgehead atoms. The van der Waals surface area contributed by atoms with E-state index in [1.807, 2.05) is 41.6 Å². The Kier molecular flexibility index (Phi) is 14.3. The molecular formula is C34H39FN6O5S. The lowest BCUT2D eigenvalue weighted by Crippen LogP contribution is -2.46. The number of halogens is 1. The number of pyridine rings is 1. The lowest BCUT2D eigenvalue weighted by molar-refractivity contribution is -0.384. The molecule has 0 aliphatic rings. The molecule has 4 aromatic rings. The third-order valence-corrected chi connectivity index (χ3v) is 7.73. The maximum atomic E-state index is 12.8. The number of nitro groups is 1. The minimum Gasteiger partial charge on any atom is -0.397 e. The average molecular weight is 663 g/mol. The molecule has 5 N–H and O–H groups in total. The van der Waals surface area contributed by atoms with E-state index in [9.17, 15) is 29.2 Å². The average Bonchev–Trinajstić information content (AvgIpc) is 3.03. The SMILES string of the molecule is CC(C)CN(CC(O)C(Cc1ccccc1)NC=O)Sc1ccc([N+](=O)[O-])cc1.Cc1ccc(C(=O)Nc2ccc(F)cc2N)nc1. The number of carbonyl (C=O) groups excluding carboxylic acids is 2. The van der Waals surface area contributed by atoms with E-state index in [0.717, 1.165) is 28.6 Å². The second kappa shape index (κ2) is 18.3. The van der Waals surface area contributed by atoms with Crippen molar-refractivity contribution in [2.24, 2.45) is 5.92 Å². The van der Waals surface area contributed by atoms with Gasteiger partial charge in [-0.3, -0.25) is 24.7 Å². The van der Waals surface area contributed by atoms with Crippen molar-refractivity contribution in [2.45, 2.75) is 44.2 Å². The van der Waals surface area contributed by atoms with Crippen LogP contribution >= 0.6 is 11.9 Å². The van der Waals surface area contributed by atoms with Gasteiger partial charge in [0.05, 0.1) is 28.4 Å². The summed E-state index contributed by atoms with van der Waals surface area (Å²) >= 11 is 1.44. The third-order valence-electron chi connectivity index (χ3n) is 6.69. The Balaban J connectivity index is 0.000000284. The molecule has 0 spiro atoms. The smallest absolute Gasteiger partial charge is 0.274 e. The molecule has 0 saturated carbocycles. The summed E-state index contributed by atoms with van der Waals surface area (Å²) in [4.78, 5) is 38.1. The van der Waals surface area contributed by atoms with Crippen LogP contribution in [0, 0.1) is 28.8 Å². The minimum absolute atomic E-state index is 0.0444. The molecule has 0 aliphatic heterocycles. The Morgan fingerprint density at radius 3 is 2.36 bits per heavy atom. The predicted molar refractivity (Wildman–Crippen MR) is 182 cm³/mol. The molecule has 1 heterocycles. The molecule has 13 heteroatoms. The maximum Gasteiger partial charge on any atom is 0.274 e. The molecule has 11 nitrogen and oxygen atoms in total. The van der Waals surface area contributed by atoms with Gasteiger partial charge in [-0.2, -0.15) is 0 Å². The van der Waals surface area contributed by atoms with E-state index in [4.69, 9.17) is 5.73 Å². The molecule has 2 unspecified atom stereocenters. The Labute approximate surface area is 277 Å². The van der Waals surface area contributed by atoms with Crippen molar-refractivity contribution in [1.29, 1.82) is 0 Å². The molecule has 0 saturated heterocycles. The summed E-state index contributed by atoms with van der Waals surface area (Å²) in [5.41, 5.74) is 8.46. The van der Waals surface area contributed by atoms with E-state index >= 15 is 0 Å². The van der Waals surface area contributed by atoms with E-state index in [1.54, 1.807) is 30.5 Å². The Morgan fingerprint density at radius 1 is 1.09 bits per heavy atom. The first-order valence-electron chi connectivity index (χ1n) is 14.8. The fraction of sp³-hybridized carbons (Fsp3) is 0.265. The van der Waals surface area contributed by atoms with Crippen LogP contribution in [-0.2, 0) is 11.2 Å². The number of amides is 2. The lowest BCUT2D eigenvalue weighted by atomic mass is 10.0. The molecule has 248 valence electrons. The van der Waals surface area contributed by atoms with Crippen molar-refractivity contribution < 1.29 is 24.0 Å². The fourth-order valence-corrected chi connectivity index (χ4v) is 5.52. The topological polar surface area (TPSA) is 164 Å². The number of aryl methyl sites for hydroxylation is 1. The number of benzene rings is 3. The van der Waals surface area contributed by atoms with Crippen LogP contribution in [0.1, 0.15) is 35.5 Å². The molecule has 4 rings (SSSR count). The van der Waals surface area contributed by atoms with Crippen molar-refractivity contribution in [2.75, 3.05) is 24.1 Å². The van der Waals surface area contributed by atoms with Gasteiger partial charge >= 0.3 is 0 Å². The first-order valence-corrected chi connectivity index (χ1v) is 15.6. The highest BCUT2D eigenvalue weighted by Gasteiger charge is 2.23. The van der Waals surface area contributed by atoms with E-state index in [2.05, 4.69) is 29.5 Å². The van der Waals surface area contributed by atoms with Crippen LogP contribution in [0.2, 0.25) is 0 Å². The Hall–Kier alpha value is -4.85. The molecule has 2 amide bonds. The second-order valence-corrected chi connectivity index (χ2v) is 12.3. The molecule has 47 heavy (non-hydrogen) atoms. The highest BCUT2D eigenvalue weighted by molar-refractivity contribution is 7.97. The van der Waals surface area contributed by atoms with Crippen molar-refractivity contribution in [1.82, 2.24) is 14.6 Å². The third kappa shape index (κ3) is 12.5. The fourth-order valence-electron chi connectivity index (χ4n) is 4.37. The number of hydrogen-bond donors (Lipinski definition) is 4. The van der Waals surface area contributed by atoms with Gasteiger partial charge < -0.3 is 21.5 Å².